The van der Waals surface area contributed by atoms with Gasteiger partial charge in [-0.15, -0.1) is 0 Å². The summed E-state index contributed by atoms with van der Waals surface area (Å²) in [5, 5.41) is 3.37. The Labute approximate surface area is 169 Å². The summed E-state index contributed by atoms with van der Waals surface area (Å²) in [4.78, 5) is 15.5. The number of halogens is 4. The van der Waals surface area contributed by atoms with Crippen molar-refractivity contribution in [3.63, 3.8) is 0 Å². The molecule has 0 bridgehead atoms. The molecular formula is C19H15Cl2F2N3O2. The Morgan fingerprint density at radius 1 is 1.14 bits per heavy atom. The molecule has 1 aromatic heterocycles. The molecule has 0 atom stereocenters. The van der Waals surface area contributed by atoms with E-state index < -0.39 is 17.2 Å². The lowest BCUT2D eigenvalue weighted by atomic mass is 10.2. The van der Waals surface area contributed by atoms with E-state index in [0.717, 1.165) is 11.8 Å². The lowest BCUT2D eigenvalue weighted by Gasteiger charge is -2.16. The van der Waals surface area contributed by atoms with Crippen molar-refractivity contribution in [1.82, 2.24) is 9.55 Å². The van der Waals surface area contributed by atoms with Gasteiger partial charge >= 0.3 is 5.56 Å². The number of benzene rings is 2. The van der Waals surface area contributed by atoms with Crippen molar-refractivity contribution in [2.24, 2.45) is 0 Å². The predicted octanol–water partition coefficient (Wildman–Crippen LogP) is 4.94. The second-order valence-electron chi connectivity index (χ2n) is 6.02. The van der Waals surface area contributed by atoms with Gasteiger partial charge in [-0.1, -0.05) is 29.3 Å². The maximum atomic E-state index is 13.8. The first-order valence-electron chi connectivity index (χ1n) is 8.10. The molecule has 9 heteroatoms. The van der Waals surface area contributed by atoms with Crippen LogP contribution in [0.2, 0.25) is 10.0 Å². The van der Waals surface area contributed by atoms with Crippen LogP contribution in [-0.2, 0) is 6.54 Å². The fourth-order valence-electron chi connectivity index (χ4n) is 2.59. The smallest absolute Gasteiger partial charge is 0.310 e. The second kappa shape index (κ2) is 8.16. The first-order chi connectivity index (χ1) is 13.3. The minimum Gasteiger partial charge on any atom is -0.495 e. The molecule has 146 valence electrons. The maximum absolute atomic E-state index is 13.8. The van der Waals surface area contributed by atoms with Crippen molar-refractivity contribution in [3.05, 3.63) is 79.7 Å². The Kier molecular flexibility index (Phi) is 5.86. The summed E-state index contributed by atoms with van der Waals surface area (Å²) in [6.45, 7) is 1.91. The normalized spacial score (nSPS) is 10.8. The molecule has 0 spiro atoms. The van der Waals surface area contributed by atoms with E-state index >= 15 is 0 Å². The first-order valence-corrected chi connectivity index (χ1v) is 8.86. The molecule has 0 unspecified atom stereocenters. The van der Waals surface area contributed by atoms with Crippen molar-refractivity contribution < 1.29 is 13.5 Å². The average molecular weight is 426 g/mol. The number of hydrogen-bond acceptors (Lipinski definition) is 4. The van der Waals surface area contributed by atoms with Gasteiger partial charge in [0.25, 0.3) is 0 Å². The number of anilines is 2. The molecule has 0 saturated carbocycles. The number of hydrogen-bond donors (Lipinski definition) is 1. The molecule has 0 saturated heterocycles. The Morgan fingerprint density at radius 2 is 1.89 bits per heavy atom. The Morgan fingerprint density at radius 3 is 2.57 bits per heavy atom. The number of rotatable bonds is 5. The SMILES string of the molecule is COc1cc(Nc2nc(=O)c(F)cn2Cc2ccc(F)c(Cl)c2)c(C)cc1Cl. The monoisotopic (exact) mass is 425 g/mol. The van der Waals surface area contributed by atoms with Crippen LogP contribution in [0.5, 0.6) is 5.75 Å². The molecule has 3 rings (SSSR count). The molecule has 28 heavy (non-hydrogen) atoms. The molecule has 5 nitrogen and oxygen atoms in total. The van der Waals surface area contributed by atoms with E-state index in [2.05, 4.69) is 10.3 Å². The van der Waals surface area contributed by atoms with Crippen LogP contribution in [0.1, 0.15) is 11.1 Å². The summed E-state index contributed by atoms with van der Waals surface area (Å²) in [5.41, 5.74) is 0.936. The van der Waals surface area contributed by atoms with E-state index in [1.807, 2.05) is 0 Å². The van der Waals surface area contributed by atoms with E-state index in [1.165, 1.54) is 29.9 Å². The highest BCUT2D eigenvalue weighted by molar-refractivity contribution is 6.32. The summed E-state index contributed by atoms with van der Waals surface area (Å²) in [5.74, 6) is -1.04. The molecule has 0 aliphatic rings. The van der Waals surface area contributed by atoms with Gasteiger partial charge in [-0.25, -0.2) is 4.39 Å². The van der Waals surface area contributed by atoms with Crippen LogP contribution >= 0.6 is 23.2 Å². The highest BCUT2D eigenvalue weighted by Crippen LogP contribution is 2.32. The first kappa shape index (κ1) is 20.1. The number of aromatic nitrogens is 2. The average Bonchev–Trinajstić information content (AvgIpc) is 2.64. The van der Waals surface area contributed by atoms with Gasteiger partial charge in [0.1, 0.15) is 11.6 Å². The van der Waals surface area contributed by atoms with Gasteiger partial charge in [0.05, 0.1) is 23.7 Å². The van der Waals surface area contributed by atoms with Gasteiger partial charge in [0, 0.05) is 18.0 Å². The molecular weight excluding hydrogens is 411 g/mol. The number of methoxy groups -OCH3 is 1. The fourth-order valence-corrected chi connectivity index (χ4v) is 3.08. The van der Waals surface area contributed by atoms with Crippen LogP contribution in [0.3, 0.4) is 0 Å². The molecule has 0 aliphatic carbocycles. The Balaban J connectivity index is 2.02. The molecule has 0 fully saturated rings. The summed E-state index contributed by atoms with van der Waals surface area (Å²) < 4.78 is 33.8. The van der Waals surface area contributed by atoms with Gasteiger partial charge in [0.2, 0.25) is 11.8 Å². The van der Waals surface area contributed by atoms with Crippen LogP contribution in [0.25, 0.3) is 0 Å². The van der Waals surface area contributed by atoms with Gasteiger partial charge in [-0.2, -0.15) is 9.37 Å². The highest BCUT2D eigenvalue weighted by atomic mass is 35.5. The number of aryl methyl sites for hydroxylation is 1. The summed E-state index contributed by atoms with van der Waals surface area (Å²) in [6.07, 6.45) is 1.03. The van der Waals surface area contributed by atoms with Gasteiger partial charge in [-0.05, 0) is 36.2 Å². The lowest BCUT2D eigenvalue weighted by molar-refractivity contribution is 0.415. The number of nitrogens with one attached hydrogen (secondary N) is 1. The topological polar surface area (TPSA) is 56.1 Å². The summed E-state index contributed by atoms with van der Waals surface area (Å²) in [6, 6.07) is 7.48. The predicted molar refractivity (Wildman–Crippen MR) is 105 cm³/mol. The number of ether oxygens (including phenoxy) is 1. The van der Waals surface area contributed by atoms with E-state index in [0.29, 0.717) is 22.0 Å². The third-order valence-electron chi connectivity index (χ3n) is 4.04. The van der Waals surface area contributed by atoms with Crippen LogP contribution in [0.15, 0.2) is 41.3 Å². The van der Waals surface area contributed by atoms with Crippen LogP contribution in [0.4, 0.5) is 20.4 Å². The highest BCUT2D eigenvalue weighted by Gasteiger charge is 2.13. The summed E-state index contributed by atoms with van der Waals surface area (Å²) >= 11 is 11.9. The van der Waals surface area contributed by atoms with Crippen molar-refractivity contribution in [1.29, 1.82) is 0 Å². The second-order valence-corrected chi connectivity index (χ2v) is 6.84. The largest absolute Gasteiger partial charge is 0.495 e. The molecule has 0 aliphatic heterocycles. The minimum atomic E-state index is -1.01. The van der Waals surface area contributed by atoms with Gasteiger partial charge in [0.15, 0.2) is 0 Å². The quantitative estimate of drug-likeness (QED) is 0.628. The van der Waals surface area contributed by atoms with E-state index in [9.17, 15) is 13.6 Å². The van der Waals surface area contributed by atoms with Crippen molar-refractivity contribution in [3.8, 4) is 5.75 Å². The zero-order valence-corrected chi connectivity index (χ0v) is 16.4. The van der Waals surface area contributed by atoms with Crippen molar-refractivity contribution >= 4 is 34.8 Å². The minimum absolute atomic E-state index is 0.0558. The van der Waals surface area contributed by atoms with Crippen molar-refractivity contribution in [2.75, 3.05) is 12.4 Å². The van der Waals surface area contributed by atoms with E-state index in [1.54, 1.807) is 19.1 Å². The van der Waals surface area contributed by atoms with Crippen LogP contribution < -0.4 is 15.6 Å². The third-order valence-corrected chi connectivity index (χ3v) is 4.62. The molecule has 2 aromatic carbocycles. The molecule has 1 N–H and O–H groups in total. The third kappa shape index (κ3) is 4.26. The molecule has 0 amide bonds. The fraction of sp³-hybridized carbons (Fsp3) is 0.158. The van der Waals surface area contributed by atoms with Crippen LogP contribution in [0, 0.1) is 18.6 Å². The molecule has 1 heterocycles. The molecule has 0 radical (unpaired) electrons. The van der Waals surface area contributed by atoms with E-state index in [-0.39, 0.29) is 17.5 Å². The maximum Gasteiger partial charge on any atom is 0.310 e. The van der Waals surface area contributed by atoms with Gasteiger partial charge < -0.3 is 14.6 Å². The zero-order valence-electron chi connectivity index (χ0n) is 14.9. The molecule has 3 aromatic rings. The Hall–Kier alpha value is -2.64. The standard InChI is InChI=1S/C19H15Cl2F2N3O2/c1-10-5-13(21)17(28-2)7-16(10)24-19-25-18(27)15(23)9-26(19)8-11-3-4-14(22)12(20)6-11/h3-7,9H,8H2,1-2H3,(H,24,25,27). The van der Waals surface area contributed by atoms with Crippen molar-refractivity contribution in [2.45, 2.75) is 13.5 Å². The number of nitrogens with zero attached hydrogens (tertiary/aromatic N) is 2. The summed E-state index contributed by atoms with van der Waals surface area (Å²) in [7, 11) is 1.48. The lowest BCUT2D eigenvalue weighted by Crippen LogP contribution is -2.20. The Bertz CT molecular complexity index is 1100. The van der Waals surface area contributed by atoms with Crippen LogP contribution in [-0.4, -0.2) is 16.7 Å². The van der Waals surface area contributed by atoms with Gasteiger partial charge in [-0.3, -0.25) is 4.79 Å². The zero-order chi connectivity index (χ0) is 20.4. The van der Waals surface area contributed by atoms with E-state index in [4.69, 9.17) is 27.9 Å².